The summed E-state index contributed by atoms with van der Waals surface area (Å²) < 4.78 is 33.1. The van der Waals surface area contributed by atoms with Gasteiger partial charge in [-0.3, -0.25) is 18.9 Å². The van der Waals surface area contributed by atoms with Gasteiger partial charge in [0.2, 0.25) is 13.3 Å². The Labute approximate surface area is 374 Å². The quantitative estimate of drug-likeness (QED) is 0.0793. The highest BCUT2D eigenvalue weighted by atomic mass is 32.1. The van der Waals surface area contributed by atoms with Crippen LogP contribution in [0.15, 0.2) is 66.1 Å². The van der Waals surface area contributed by atoms with E-state index < -0.39 is 30.6 Å². The second-order valence-electron chi connectivity index (χ2n) is 18.4. The third-order valence-corrected chi connectivity index (χ3v) is 17.1. The summed E-state index contributed by atoms with van der Waals surface area (Å²) in [7, 11) is -2.36. The average Bonchev–Trinajstić information content (AvgIpc) is 3.66. The summed E-state index contributed by atoms with van der Waals surface area (Å²) in [5, 5.41) is 5.65. The van der Waals surface area contributed by atoms with Gasteiger partial charge in [0, 0.05) is 47.7 Å². The number of ether oxygens (including phenoxy) is 3. The fourth-order valence-corrected chi connectivity index (χ4v) is 13.3. The molecule has 0 radical (unpaired) electrons. The van der Waals surface area contributed by atoms with Crippen LogP contribution in [-0.2, 0) is 29.8 Å². The fourth-order valence-electron chi connectivity index (χ4n) is 9.82. The van der Waals surface area contributed by atoms with Crippen molar-refractivity contribution in [1.29, 1.82) is 0 Å². The van der Waals surface area contributed by atoms with E-state index in [0.717, 1.165) is 73.0 Å². The van der Waals surface area contributed by atoms with Crippen LogP contribution >= 0.6 is 18.7 Å². The number of methoxy groups -OCH3 is 1. The number of nitrogens with zero attached hydrogens (tertiary/aromatic N) is 3. The molecule has 2 aliphatic heterocycles. The average molecular weight is 897 g/mol. The second kappa shape index (κ2) is 19.3. The molecule has 0 spiro atoms. The molecule has 2 aromatic carbocycles. The van der Waals surface area contributed by atoms with Crippen LogP contribution in [0.1, 0.15) is 108 Å². The Morgan fingerprint density at radius 3 is 2.59 bits per heavy atom. The summed E-state index contributed by atoms with van der Waals surface area (Å²) in [5.41, 5.74) is 3.63. The van der Waals surface area contributed by atoms with Crippen LogP contribution in [-0.4, -0.2) is 80.5 Å². The number of rotatable bonds is 12. The molecule has 8 rings (SSSR count). The van der Waals surface area contributed by atoms with Gasteiger partial charge in [0.25, 0.3) is 0 Å². The van der Waals surface area contributed by atoms with Crippen molar-refractivity contribution in [2.75, 3.05) is 19.0 Å². The molecule has 3 fully saturated rings. The summed E-state index contributed by atoms with van der Waals surface area (Å²) in [4.78, 5) is 66.9. The zero-order valence-corrected chi connectivity index (χ0v) is 38.6. The predicted octanol–water partition coefficient (Wildman–Crippen LogP) is 10.0. The van der Waals surface area contributed by atoms with Crippen LogP contribution in [0.25, 0.3) is 22.3 Å². The lowest BCUT2D eigenvalue weighted by molar-refractivity contribution is -0.154. The number of aryl methyl sites for hydroxylation is 1. The van der Waals surface area contributed by atoms with Crippen molar-refractivity contribution in [1.82, 2.24) is 14.9 Å². The van der Waals surface area contributed by atoms with Gasteiger partial charge >= 0.3 is 5.97 Å². The number of hydrogen-bond acceptors (Lipinski definition) is 11. The van der Waals surface area contributed by atoms with Crippen LogP contribution in [0.5, 0.6) is 11.5 Å². The van der Waals surface area contributed by atoms with Gasteiger partial charge < -0.3 is 29.3 Å². The lowest BCUT2D eigenvalue weighted by Gasteiger charge is -2.30. The smallest absolute Gasteiger partial charge is 0.306 e. The van der Waals surface area contributed by atoms with E-state index in [-0.39, 0.29) is 67.7 Å². The first kappa shape index (κ1) is 45.0. The van der Waals surface area contributed by atoms with E-state index in [1.807, 2.05) is 66.9 Å². The normalized spacial score (nSPS) is 26.0. The maximum absolute atomic E-state index is 15.0. The maximum Gasteiger partial charge on any atom is 0.306 e. The standard InChI is InChI=1S/C49H61N4O8PS/c1-31(2)50-48-52-42(30-63-48)41-25-45(39-21-20-37(59-4)23-40(39)51-41)60-38-24-43-44(54)27-49(62(57,58)29-34-16-11-10-14-32(34)3)26-35(49)17-9-7-5-6-8-15-33(47(56)53(43)28-38)22-46(55)61-36-18-12-13-19-36/h9-11,14,16-17,20-21,23,25,30-31,33,35-36,38,43H,5-8,12-13,15,18-19,22,24,26-29H2,1-4H3,(H,50,52)(H,57,58)/b17-9-/t33-,35+,38-,43+,49-/m1/s1. The number of benzene rings is 2. The maximum atomic E-state index is 15.0. The SMILES string of the molecule is COc1ccc2c(O[C@@H]3C[C@H]4C(=O)C[C@]5(P(=O)(O)Cc6ccccc6C)C[C@@H]5/C=C\CCCCC[C@H](CC(=O)OC5CCCC5)C(=O)N4C3)cc(-c3csc(NC(C)C)n3)nc2c1. The lowest BCUT2D eigenvalue weighted by Crippen LogP contribution is -2.45. The van der Waals surface area contributed by atoms with Crippen molar-refractivity contribution in [3.63, 3.8) is 0 Å². The minimum atomic E-state index is -3.96. The van der Waals surface area contributed by atoms with Crippen molar-refractivity contribution >= 4 is 52.4 Å². The number of hydrogen-bond donors (Lipinski definition) is 2. The van der Waals surface area contributed by atoms with Crippen LogP contribution < -0.4 is 14.8 Å². The molecule has 4 aromatic rings. The first-order chi connectivity index (χ1) is 30.3. The minimum absolute atomic E-state index is 0.0300. The molecule has 2 aromatic heterocycles. The number of carbonyl (C=O) groups excluding carboxylic acids is 3. The lowest BCUT2D eigenvalue weighted by atomic mass is 9.94. The van der Waals surface area contributed by atoms with E-state index in [1.54, 1.807) is 12.0 Å². The van der Waals surface area contributed by atoms with Gasteiger partial charge in [-0.25, -0.2) is 9.97 Å². The van der Waals surface area contributed by atoms with E-state index in [4.69, 9.17) is 24.2 Å². The fraction of sp³-hybridized carbons (Fsp3) is 0.531. The number of anilines is 1. The molecule has 2 saturated carbocycles. The molecule has 336 valence electrons. The highest BCUT2D eigenvalue weighted by molar-refractivity contribution is 7.59. The molecule has 2 N–H and O–H groups in total. The molecule has 0 bridgehead atoms. The summed E-state index contributed by atoms with van der Waals surface area (Å²) in [6, 6.07) is 14.3. The molecule has 1 amide bonds. The first-order valence-electron chi connectivity index (χ1n) is 22.8. The Hall–Kier alpha value is -4.58. The summed E-state index contributed by atoms with van der Waals surface area (Å²) in [5.74, 6) is -0.678. The van der Waals surface area contributed by atoms with Gasteiger partial charge in [-0.05, 0) is 101 Å². The van der Waals surface area contributed by atoms with Crippen molar-refractivity contribution in [2.45, 2.75) is 140 Å². The molecule has 1 unspecified atom stereocenters. The Kier molecular flexibility index (Phi) is 13.8. The topological polar surface area (TPSA) is 157 Å². The van der Waals surface area contributed by atoms with E-state index >= 15 is 4.79 Å². The first-order valence-corrected chi connectivity index (χ1v) is 25.5. The number of thiazole rings is 1. The van der Waals surface area contributed by atoms with Gasteiger partial charge in [0.15, 0.2) is 10.9 Å². The van der Waals surface area contributed by atoms with E-state index in [0.29, 0.717) is 41.2 Å². The number of aromatic nitrogens is 2. The summed E-state index contributed by atoms with van der Waals surface area (Å²) in [6.07, 6.45) is 11.2. The number of pyridine rings is 1. The number of esters is 1. The van der Waals surface area contributed by atoms with Crippen LogP contribution in [0.3, 0.4) is 0 Å². The van der Waals surface area contributed by atoms with Crippen molar-refractivity contribution in [3.05, 3.63) is 77.2 Å². The van der Waals surface area contributed by atoms with Crippen molar-refractivity contribution < 1.29 is 38.1 Å². The molecular weight excluding hydrogens is 836 g/mol. The molecule has 4 heterocycles. The molecular formula is C49H61N4O8PS. The molecule has 1 saturated heterocycles. The van der Waals surface area contributed by atoms with Gasteiger partial charge in [0.1, 0.15) is 29.4 Å². The van der Waals surface area contributed by atoms with E-state index in [1.165, 1.54) is 11.3 Å². The Bertz CT molecular complexity index is 2400. The Balaban J connectivity index is 1.13. The Morgan fingerprint density at radius 1 is 1.02 bits per heavy atom. The third-order valence-electron chi connectivity index (χ3n) is 13.4. The second-order valence-corrected chi connectivity index (χ2v) is 21.9. The van der Waals surface area contributed by atoms with Crippen molar-refractivity contribution in [2.24, 2.45) is 11.8 Å². The molecule has 4 aliphatic rings. The van der Waals surface area contributed by atoms with E-state index in [2.05, 4.69) is 25.2 Å². The predicted molar refractivity (Wildman–Crippen MR) is 247 cm³/mol. The molecule has 63 heavy (non-hydrogen) atoms. The van der Waals surface area contributed by atoms with Gasteiger partial charge in [0.05, 0.1) is 48.6 Å². The number of fused-ring (bicyclic) bond motifs is 3. The minimum Gasteiger partial charge on any atom is -0.497 e. The third kappa shape index (κ3) is 10.2. The van der Waals surface area contributed by atoms with E-state index in [9.17, 15) is 19.0 Å². The molecule has 2 aliphatic carbocycles. The largest absolute Gasteiger partial charge is 0.497 e. The molecule has 14 heteroatoms. The van der Waals surface area contributed by atoms with Gasteiger partial charge in [-0.1, -0.05) is 49.3 Å². The van der Waals surface area contributed by atoms with Crippen LogP contribution in [0.2, 0.25) is 0 Å². The summed E-state index contributed by atoms with van der Waals surface area (Å²) >= 11 is 1.49. The Morgan fingerprint density at radius 2 is 1.81 bits per heavy atom. The highest BCUT2D eigenvalue weighted by Crippen LogP contribution is 2.74. The molecule has 6 atom stereocenters. The number of ketones is 1. The van der Waals surface area contributed by atoms with Crippen molar-refractivity contribution in [3.8, 4) is 22.9 Å². The highest BCUT2D eigenvalue weighted by Gasteiger charge is 2.65. The zero-order valence-electron chi connectivity index (χ0n) is 36.9. The number of carbonyl (C=O) groups is 3. The molecule has 12 nitrogen and oxygen atoms in total. The number of nitrogens with one attached hydrogen (secondary N) is 1. The van der Waals surface area contributed by atoms with Gasteiger partial charge in [-0.15, -0.1) is 11.3 Å². The monoisotopic (exact) mass is 896 g/mol. The number of allylic oxidation sites excluding steroid dienone is 2. The van der Waals surface area contributed by atoms with Gasteiger partial charge in [-0.2, -0.15) is 0 Å². The zero-order chi connectivity index (χ0) is 44.3. The number of amides is 1. The summed E-state index contributed by atoms with van der Waals surface area (Å²) in [6.45, 7) is 6.15. The number of Topliss-reactive ketones (excluding diaryl/α,β-unsaturated/α-hetero) is 1. The van der Waals surface area contributed by atoms with Crippen LogP contribution in [0.4, 0.5) is 5.13 Å². The van der Waals surface area contributed by atoms with Crippen LogP contribution in [0, 0.1) is 18.8 Å².